The Kier molecular flexibility index (Phi) is 4.54. The quantitative estimate of drug-likeness (QED) is 0.246. The molecule has 1 amide bonds. The number of carbonyl (C=O) groups is 1. The van der Waals surface area contributed by atoms with E-state index in [1.807, 2.05) is 0 Å². The van der Waals surface area contributed by atoms with Gasteiger partial charge in [0.05, 0.1) is 6.54 Å². The SMILES string of the molecule is NC(=NO)C1(C(=O)NCc2ncon2)CCCCCC1. The van der Waals surface area contributed by atoms with Crippen LogP contribution in [0.5, 0.6) is 0 Å². The van der Waals surface area contributed by atoms with Gasteiger partial charge in [-0.2, -0.15) is 4.98 Å². The first-order valence-corrected chi connectivity index (χ1v) is 6.70. The highest BCUT2D eigenvalue weighted by atomic mass is 16.5. The number of aromatic nitrogens is 2. The molecule has 0 spiro atoms. The molecular formula is C12H19N5O3. The summed E-state index contributed by atoms with van der Waals surface area (Å²) in [6.07, 6.45) is 6.24. The molecule has 0 bridgehead atoms. The van der Waals surface area contributed by atoms with E-state index in [4.69, 9.17) is 10.9 Å². The largest absolute Gasteiger partial charge is 0.409 e. The molecule has 20 heavy (non-hydrogen) atoms. The van der Waals surface area contributed by atoms with Gasteiger partial charge in [-0.1, -0.05) is 36.0 Å². The smallest absolute Gasteiger partial charge is 0.234 e. The van der Waals surface area contributed by atoms with Gasteiger partial charge in [0.25, 0.3) is 0 Å². The Balaban J connectivity index is 2.11. The summed E-state index contributed by atoms with van der Waals surface area (Å²) in [6, 6.07) is 0. The van der Waals surface area contributed by atoms with Gasteiger partial charge in [0.2, 0.25) is 12.3 Å². The lowest BCUT2D eigenvalue weighted by atomic mass is 9.78. The lowest BCUT2D eigenvalue weighted by molar-refractivity contribution is -0.128. The Morgan fingerprint density at radius 3 is 2.70 bits per heavy atom. The van der Waals surface area contributed by atoms with Gasteiger partial charge in [-0.25, -0.2) is 0 Å². The van der Waals surface area contributed by atoms with Crippen LogP contribution in [0.25, 0.3) is 0 Å². The third-order valence-corrected chi connectivity index (χ3v) is 3.80. The van der Waals surface area contributed by atoms with Gasteiger partial charge in [-0.05, 0) is 12.8 Å². The molecule has 4 N–H and O–H groups in total. The van der Waals surface area contributed by atoms with Crippen molar-refractivity contribution in [2.45, 2.75) is 45.1 Å². The van der Waals surface area contributed by atoms with Crippen LogP contribution < -0.4 is 11.1 Å². The van der Waals surface area contributed by atoms with E-state index in [0.717, 1.165) is 25.7 Å². The molecule has 2 rings (SSSR count). The van der Waals surface area contributed by atoms with Crippen LogP contribution >= 0.6 is 0 Å². The molecule has 1 aliphatic rings. The maximum Gasteiger partial charge on any atom is 0.234 e. The van der Waals surface area contributed by atoms with Gasteiger partial charge < -0.3 is 20.8 Å². The summed E-state index contributed by atoms with van der Waals surface area (Å²) in [5.41, 5.74) is 4.86. The average molecular weight is 281 g/mol. The number of rotatable bonds is 4. The maximum absolute atomic E-state index is 12.5. The minimum atomic E-state index is -0.936. The number of amidine groups is 1. The van der Waals surface area contributed by atoms with E-state index in [-0.39, 0.29) is 18.3 Å². The fourth-order valence-corrected chi connectivity index (χ4v) is 2.63. The van der Waals surface area contributed by atoms with Gasteiger partial charge >= 0.3 is 0 Å². The summed E-state index contributed by atoms with van der Waals surface area (Å²) >= 11 is 0. The first kappa shape index (κ1) is 14.3. The minimum absolute atomic E-state index is 0.0231. The zero-order chi connectivity index (χ0) is 14.4. The third-order valence-electron chi connectivity index (χ3n) is 3.80. The lowest BCUT2D eigenvalue weighted by Gasteiger charge is -2.29. The van der Waals surface area contributed by atoms with Crippen molar-refractivity contribution in [2.24, 2.45) is 16.3 Å². The third kappa shape index (κ3) is 2.89. The van der Waals surface area contributed by atoms with Gasteiger partial charge in [0, 0.05) is 0 Å². The Morgan fingerprint density at radius 1 is 1.45 bits per heavy atom. The molecule has 1 saturated carbocycles. The van der Waals surface area contributed by atoms with E-state index in [1.54, 1.807) is 0 Å². The number of hydrogen-bond acceptors (Lipinski definition) is 6. The van der Waals surface area contributed by atoms with Crippen LogP contribution in [-0.4, -0.2) is 27.1 Å². The van der Waals surface area contributed by atoms with Crippen LogP contribution in [0.4, 0.5) is 0 Å². The summed E-state index contributed by atoms with van der Waals surface area (Å²) in [5.74, 6) is 0.117. The average Bonchev–Trinajstić information content (AvgIpc) is 2.86. The van der Waals surface area contributed by atoms with Gasteiger partial charge in [-0.3, -0.25) is 4.79 Å². The molecule has 8 heteroatoms. The van der Waals surface area contributed by atoms with Crippen molar-refractivity contribution in [3.8, 4) is 0 Å². The standard InChI is InChI=1S/C12H19N5O3/c13-10(16-19)12(5-3-1-2-4-6-12)11(18)14-7-9-15-8-20-17-9/h8,19H,1-7H2,(H2,13,16)(H,14,18). The highest BCUT2D eigenvalue weighted by Gasteiger charge is 2.42. The fourth-order valence-electron chi connectivity index (χ4n) is 2.63. The second-order valence-corrected chi connectivity index (χ2v) is 5.01. The molecule has 1 aromatic rings. The predicted molar refractivity (Wildman–Crippen MR) is 69.7 cm³/mol. The van der Waals surface area contributed by atoms with Crippen LogP contribution in [0.1, 0.15) is 44.3 Å². The summed E-state index contributed by atoms with van der Waals surface area (Å²) in [6.45, 7) is 0.162. The molecule has 0 unspecified atom stereocenters. The van der Waals surface area contributed by atoms with Crippen LogP contribution in [0.15, 0.2) is 16.1 Å². The first-order chi connectivity index (χ1) is 9.69. The summed E-state index contributed by atoms with van der Waals surface area (Å²) in [5, 5.41) is 18.4. The van der Waals surface area contributed by atoms with E-state index in [9.17, 15) is 4.79 Å². The summed E-state index contributed by atoms with van der Waals surface area (Å²) in [4.78, 5) is 16.3. The Labute approximate surface area is 116 Å². The predicted octanol–water partition coefficient (Wildman–Crippen LogP) is 0.773. The Morgan fingerprint density at radius 2 is 2.15 bits per heavy atom. The highest BCUT2D eigenvalue weighted by molar-refractivity contribution is 6.06. The van der Waals surface area contributed by atoms with Crippen LogP contribution in [0.3, 0.4) is 0 Å². The molecule has 8 nitrogen and oxygen atoms in total. The molecular weight excluding hydrogens is 262 g/mol. The van der Waals surface area contributed by atoms with Crippen LogP contribution in [0, 0.1) is 5.41 Å². The number of nitrogens with two attached hydrogens (primary N) is 1. The van der Waals surface area contributed by atoms with Crippen molar-refractivity contribution in [1.29, 1.82) is 0 Å². The molecule has 110 valence electrons. The number of hydrogen-bond donors (Lipinski definition) is 3. The van der Waals surface area contributed by atoms with Crippen molar-refractivity contribution in [3.63, 3.8) is 0 Å². The van der Waals surface area contributed by atoms with Gasteiger partial charge in [0.1, 0.15) is 5.41 Å². The maximum atomic E-state index is 12.5. The van der Waals surface area contributed by atoms with Crippen molar-refractivity contribution in [3.05, 3.63) is 12.2 Å². The molecule has 0 atom stereocenters. The van der Waals surface area contributed by atoms with Crippen LogP contribution in [-0.2, 0) is 11.3 Å². The van der Waals surface area contributed by atoms with E-state index in [0.29, 0.717) is 18.7 Å². The Bertz CT molecular complexity index is 463. The monoisotopic (exact) mass is 281 g/mol. The molecule has 1 heterocycles. The fraction of sp³-hybridized carbons (Fsp3) is 0.667. The number of carbonyl (C=O) groups excluding carboxylic acids is 1. The molecule has 0 radical (unpaired) electrons. The lowest BCUT2D eigenvalue weighted by Crippen LogP contribution is -2.49. The van der Waals surface area contributed by atoms with E-state index in [2.05, 4.69) is 25.1 Å². The second-order valence-electron chi connectivity index (χ2n) is 5.01. The van der Waals surface area contributed by atoms with Crippen molar-refractivity contribution >= 4 is 11.7 Å². The zero-order valence-electron chi connectivity index (χ0n) is 11.2. The van der Waals surface area contributed by atoms with Gasteiger partial charge in [0.15, 0.2) is 11.7 Å². The molecule has 1 aromatic heterocycles. The van der Waals surface area contributed by atoms with Gasteiger partial charge in [-0.15, -0.1) is 0 Å². The zero-order valence-corrected chi connectivity index (χ0v) is 11.2. The number of nitrogens with one attached hydrogen (secondary N) is 1. The second kappa shape index (κ2) is 6.36. The van der Waals surface area contributed by atoms with E-state index in [1.165, 1.54) is 6.39 Å². The normalized spacial score (nSPS) is 19.3. The molecule has 0 saturated heterocycles. The molecule has 1 fully saturated rings. The van der Waals surface area contributed by atoms with Crippen LogP contribution in [0.2, 0.25) is 0 Å². The van der Waals surface area contributed by atoms with E-state index < -0.39 is 5.41 Å². The summed E-state index contributed by atoms with van der Waals surface area (Å²) < 4.78 is 4.61. The highest BCUT2D eigenvalue weighted by Crippen LogP contribution is 2.35. The van der Waals surface area contributed by atoms with E-state index >= 15 is 0 Å². The molecule has 1 aliphatic carbocycles. The first-order valence-electron chi connectivity index (χ1n) is 6.70. The number of oxime groups is 1. The summed E-state index contributed by atoms with van der Waals surface area (Å²) in [7, 11) is 0. The topological polar surface area (TPSA) is 127 Å². The molecule has 0 aromatic carbocycles. The molecule has 0 aliphatic heterocycles. The number of amides is 1. The van der Waals surface area contributed by atoms with Crippen molar-refractivity contribution in [2.75, 3.05) is 0 Å². The number of nitrogens with zero attached hydrogens (tertiary/aromatic N) is 3. The Hall–Kier alpha value is -2.12. The van der Waals surface area contributed by atoms with Crippen molar-refractivity contribution < 1.29 is 14.5 Å². The minimum Gasteiger partial charge on any atom is -0.409 e. The van der Waals surface area contributed by atoms with Crippen molar-refractivity contribution in [1.82, 2.24) is 15.5 Å².